The first kappa shape index (κ1) is 16.7. The van der Waals surface area contributed by atoms with Crippen LogP contribution in [-0.2, 0) is 16.6 Å². The van der Waals surface area contributed by atoms with Gasteiger partial charge in [0.1, 0.15) is 0 Å². The number of hydrogen-bond acceptors (Lipinski definition) is 2. The van der Waals surface area contributed by atoms with Gasteiger partial charge in [-0.25, -0.2) is 8.42 Å². The van der Waals surface area contributed by atoms with Crippen molar-refractivity contribution in [2.24, 2.45) is 0 Å². The summed E-state index contributed by atoms with van der Waals surface area (Å²) in [5, 5.41) is 0. The van der Waals surface area contributed by atoms with Gasteiger partial charge in [0.25, 0.3) is 0 Å². The van der Waals surface area contributed by atoms with Crippen molar-refractivity contribution < 1.29 is 8.42 Å². The highest BCUT2D eigenvalue weighted by Crippen LogP contribution is 2.23. The van der Waals surface area contributed by atoms with Crippen molar-refractivity contribution in [2.75, 3.05) is 0 Å². The molecule has 0 saturated carbocycles. The van der Waals surface area contributed by atoms with Crippen LogP contribution in [0.3, 0.4) is 0 Å². The highest BCUT2D eigenvalue weighted by Gasteiger charge is 2.27. The first-order chi connectivity index (χ1) is 10.3. The van der Waals surface area contributed by atoms with Crippen LogP contribution in [-0.4, -0.2) is 18.8 Å². The zero-order valence-corrected chi connectivity index (χ0v) is 14.4. The van der Waals surface area contributed by atoms with Crippen LogP contribution in [0.25, 0.3) is 0 Å². The predicted octanol–water partition coefficient (Wildman–Crippen LogP) is 3.90. The molecule has 0 aliphatic heterocycles. The summed E-state index contributed by atoms with van der Waals surface area (Å²) in [6.07, 6.45) is 0. The van der Waals surface area contributed by atoms with Gasteiger partial charge in [-0.2, -0.15) is 4.31 Å². The number of rotatable bonds is 5. The Morgan fingerprint density at radius 2 is 1.59 bits per heavy atom. The molecule has 0 radical (unpaired) electrons. The van der Waals surface area contributed by atoms with Crippen LogP contribution in [0.4, 0.5) is 0 Å². The molecule has 4 heteroatoms. The summed E-state index contributed by atoms with van der Waals surface area (Å²) in [5.74, 6) is 0. The maximum atomic E-state index is 13.0. The van der Waals surface area contributed by atoms with Crippen molar-refractivity contribution >= 4 is 10.0 Å². The third kappa shape index (κ3) is 3.57. The van der Waals surface area contributed by atoms with Gasteiger partial charge >= 0.3 is 0 Å². The largest absolute Gasteiger partial charge is 0.243 e. The average molecular weight is 317 g/mol. The van der Waals surface area contributed by atoms with Crippen molar-refractivity contribution in [1.29, 1.82) is 0 Å². The highest BCUT2D eigenvalue weighted by molar-refractivity contribution is 7.89. The van der Waals surface area contributed by atoms with Gasteiger partial charge in [-0.3, -0.25) is 0 Å². The Kier molecular flexibility index (Phi) is 5.04. The standard InChI is InChI=1S/C18H23NO2S/c1-14(2)19(13-17-8-6-5-7-9-17)22(20,21)18-11-10-15(3)16(4)12-18/h5-12,14H,13H2,1-4H3. The van der Waals surface area contributed by atoms with E-state index >= 15 is 0 Å². The second kappa shape index (κ2) is 6.63. The van der Waals surface area contributed by atoms with Gasteiger partial charge in [-0.05, 0) is 56.5 Å². The molecule has 22 heavy (non-hydrogen) atoms. The van der Waals surface area contributed by atoms with E-state index in [9.17, 15) is 8.42 Å². The molecule has 3 nitrogen and oxygen atoms in total. The molecule has 0 spiro atoms. The van der Waals surface area contributed by atoms with Crippen molar-refractivity contribution in [1.82, 2.24) is 4.31 Å². The molecule has 0 unspecified atom stereocenters. The highest BCUT2D eigenvalue weighted by atomic mass is 32.2. The molecule has 0 fully saturated rings. The Balaban J connectivity index is 2.40. The van der Waals surface area contributed by atoms with Crippen LogP contribution in [0.15, 0.2) is 53.4 Å². The molecule has 118 valence electrons. The second-order valence-corrected chi connectivity index (χ2v) is 7.77. The van der Waals surface area contributed by atoms with E-state index in [-0.39, 0.29) is 6.04 Å². The van der Waals surface area contributed by atoms with E-state index in [1.807, 2.05) is 64.1 Å². The smallest absolute Gasteiger partial charge is 0.207 e. The van der Waals surface area contributed by atoms with Crippen molar-refractivity contribution in [3.8, 4) is 0 Å². The summed E-state index contributed by atoms with van der Waals surface area (Å²) < 4.78 is 27.5. The van der Waals surface area contributed by atoms with Crippen molar-refractivity contribution in [3.05, 3.63) is 65.2 Å². The van der Waals surface area contributed by atoms with Crippen LogP contribution in [0.1, 0.15) is 30.5 Å². The SMILES string of the molecule is Cc1ccc(S(=O)(=O)N(Cc2ccccc2)C(C)C)cc1C. The molecule has 0 bridgehead atoms. The summed E-state index contributed by atoms with van der Waals surface area (Å²) in [4.78, 5) is 0.361. The minimum atomic E-state index is -3.50. The van der Waals surface area contributed by atoms with Crippen LogP contribution >= 0.6 is 0 Å². The molecule has 0 aliphatic carbocycles. The van der Waals surface area contributed by atoms with Gasteiger partial charge in [0.2, 0.25) is 10.0 Å². The second-order valence-electron chi connectivity index (χ2n) is 5.88. The van der Waals surface area contributed by atoms with E-state index in [1.54, 1.807) is 16.4 Å². The number of hydrogen-bond donors (Lipinski definition) is 0. The summed E-state index contributed by atoms with van der Waals surface area (Å²) in [7, 11) is -3.50. The van der Waals surface area contributed by atoms with Gasteiger partial charge < -0.3 is 0 Å². The number of sulfonamides is 1. The molecule has 0 saturated heterocycles. The molecule has 0 aliphatic rings. The fourth-order valence-electron chi connectivity index (χ4n) is 2.32. The van der Waals surface area contributed by atoms with Gasteiger partial charge in [-0.1, -0.05) is 36.4 Å². The van der Waals surface area contributed by atoms with E-state index in [0.717, 1.165) is 16.7 Å². The Hall–Kier alpha value is -1.65. The molecular weight excluding hydrogens is 294 g/mol. The maximum absolute atomic E-state index is 13.0. The summed E-state index contributed by atoms with van der Waals surface area (Å²) in [5.41, 5.74) is 3.08. The minimum Gasteiger partial charge on any atom is -0.207 e. The monoisotopic (exact) mass is 317 g/mol. The third-order valence-electron chi connectivity index (χ3n) is 3.84. The van der Waals surface area contributed by atoms with Crippen molar-refractivity contribution in [2.45, 2.75) is 45.2 Å². The Morgan fingerprint density at radius 1 is 0.955 bits per heavy atom. The molecule has 0 heterocycles. The molecule has 0 N–H and O–H groups in total. The lowest BCUT2D eigenvalue weighted by Gasteiger charge is -2.26. The van der Waals surface area contributed by atoms with Crippen LogP contribution in [0.5, 0.6) is 0 Å². The molecule has 0 amide bonds. The van der Waals surface area contributed by atoms with Crippen LogP contribution in [0, 0.1) is 13.8 Å². The molecule has 2 rings (SSSR count). The quantitative estimate of drug-likeness (QED) is 0.838. The molecule has 2 aromatic rings. The zero-order valence-electron chi connectivity index (χ0n) is 13.6. The summed E-state index contributed by atoms with van der Waals surface area (Å²) in [6, 6.07) is 14.9. The Morgan fingerprint density at radius 3 is 2.14 bits per heavy atom. The number of benzene rings is 2. The topological polar surface area (TPSA) is 37.4 Å². The average Bonchev–Trinajstić information content (AvgIpc) is 2.48. The summed E-state index contributed by atoms with van der Waals surface area (Å²) >= 11 is 0. The number of aryl methyl sites for hydroxylation is 2. The van der Waals surface area contributed by atoms with Gasteiger partial charge in [-0.15, -0.1) is 0 Å². The van der Waals surface area contributed by atoms with E-state index in [4.69, 9.17) is 0 Å². The van der Waals surface area contributed by atoms with Gasteiger partial charge in [0.05, 0.1) is 4.90 Å². The first-order valence-corrected chi connectivity index (χ1v) is 8.89. The van der Waals surface area contributed by atoms with Crippen molar-refractivity contribution in [3.63, 3.8) is 0 Å². The minimum absolute atomic E-state index is 0.105. The first-order valence-electron chi connectivity index (χ1n) is 7.45. The maximum Gasteiger partial charge on any atom is 0.243 e. The van der Waals surface area contributed by atoms with Gasteiger partial charge in [0, 0.05) is 12.6 Å². The predicted molar refractivity (Wildman–Crippen MR) is 90.2 cm³/mol. The lowest BCUT2D eigenvalue weighted by atomic mass is 10.1. The Labute approximate surface area is 133 Å². The fraction of sp³-hybridized carbons (Fsp3) is 0.333. The summed E-state index contributed by atoms with van der Waals surface area (Å²) in [6.45, 7) is 8.11. The lowest BCUT2D eigenvalue weighted by Crippen LogP contribution is -2.36. The number of nitrogens with zero attached hydrogens (tertiary/aromatic N) is 1. The normalized spacial score (nSPS) is 12.1. The van der Waals surface area contributed by atoms with E-state index in [1.165, 1.54) is 0 Å². The zero-order chi connectivity index (χ0) is 16.3. The van der Waals surface area contributed by atoms with Crippen LogP contribution in [0.2, 0.25) is 0 Å². The third-order valence-corrected chi connectivity index (χ3v) is 5.86. The molecule has 0 atom stereocenters. The molecule has 0 aromatic heterocycles. The van der Waals surface area contributed by atoms with Gasteiger partial charge in [0.15, 0.2) is 0 Å². The molecule has 2 aromatic carbocycles. The van der Waals surface area contributed by atoms with Crippen LogP contribution < -0.4 is 0 Å². The molecular formula is C18H23NO2S. The lowest BCUT2D eigenvalue weighted by molar-refractivity contribution is 0.348. The van der Waals surface area contributed by atoms with E-state index < -0.39 is 10.0 Å². The Bertz CT molecular complexity index is 737. The fourth-order valence-corrected chi connectivity index (χ4v) is 4.03. The van der Waals surface area contributed by atoms with E-state index in [2.05, 4.69) is 0 Å². The van der Waals surface area contributed by atoms with E-state index in [0.29, 0.717) is 11.4 Å².